The van der Waals surface area contributed by atoms with Gasteiger partial charge >= 0.3 is 11.9 Å². The van der Waals surface area contributed by atoms with Crippen molar-refractivity contribution in [2.45, 2.75) is 58.7 Å². The van der Waals surface area contributed by atoms with E-state index in [9.17, 15) is 14.7 Å². The van der Waals surface area contributed by atoms with Crippen LogP contribution in [0.4, 0.5) is 0 Å². The molecule has 4 aliphatic rings. The fraction of sp³-hybridized carbons (Fsp3) is 0.700. The summed E-state index contributed by atoms with van der Waals surface area (Å²) in [6, 6.07) is 0. The first-order valence-electron chi connectivity index (χ1n) is 9.10. The van der Waals surface area contributed by atoms with E-state index in [4.69, 9.17) is 9.47 Å². The van der Waals surface area contributed by atoms with Crippen LogP contribution in [0.2, 0.25) is 0 Å². The van der Waals surface area contributed by atoms with E-state index in [1.54, 1.807) is 6.08 Å². The van der Waals surface area contributed by atoms with Gasteiger partial charge in [0.2, 0.25) is 0 Å². The molecule has 0 radical (unpaired) electrons. The number of hydrogen-bond acceptors (Lipinski definition) is 5. The molecule has 0 amide bonds. The second kappa shape index (κ2) is 4.97. The Labute approximate surface area is 148 Å². The summed E-state index contributed by atoms with van der Waals surface area (Å²) in [7, 11) is 0. The molecule has 0 aromatic heterocycles. The molecule has 136 valence electrons. The first-order valence-corrected chi connectivity index (χ1v) is 9.10. The van der Waals surface area contributed by atoms with Gasteiger partial charge in [-0.1, -0.05) is 26.8 Å². The third-order valence-corrected chi connectivity index (χ3v) is 7.45. The average Bonchev–Trinajstić information content (AvgIpc) is 2.88. The lowest BCUT2D eigenvalue weighted by molar-refractivity contribution is -0.173. The van der Waals surface area contributed by atoms with Crippen LogP contribution in [0, 0.1) is 22.2 Å². The van der Waals surface area contributed by atoms with Gasteiger partial charge in [-0.2, -0.15) is 0 Å². The van der Waals surface area contributed by atoms with Crippen LogP contribution in [0.5, 0.6) is 0 Å². The highest BCUT2D eigenvalue weighted by atomic mass is 16.6. The molecule has 0 aromatic rings. The zero-order chi connectivity index (χ0) is 18.2. The van der Waals surface area contributed by atoms with Gasteiger partial charge in [-0.15, -0.1) is 6.58 Å². The Bertz CT molecular complexity index is 709. The molecule has 0 aromatic carbocycles. The van der Waals surface area contributed by atoms with Gasteiger partial charge in [-0.3, -0.25) is 4.79 Å². The van der Waals surface area contributed by atoms with Gasteiger partial charge < -0.3 is 14.6 Å². The van der Waals surface area contributed by atoms with Gasteiger partial charge in [0.15, 0.2) is 0 Å². The summed E-state index contributed by atoms with van der Waals surface area (Å²) in [5.41, 5.74) is -0.164. The molecule has 6 unspecified atom stereocenters. The van der Waals surface area contributed by atoms with Gasteiger partial charge in [0, 0.05) is 16.2 Å². The Morgan fingerprint density at radius 3 is 2.64 bits per heavy atom. The molecular formula is C20H26O5. The van der Waals surface area contributed by atoms with Crippen molar-refractivity contribution in [2.75, 3.05) is 6.61 Å². The van der Waals surface area contributed by atoms with Crippen molar-refractivity contribution in [2.24, 2.45) is 22.2 Å². The lowest BCUT2D eigenvalue weighted by Crippen LogP contribution is -2.59. The van der Waals surface area contributed by atoms with Crippen LogP contribution in [-0.2, 0) is 19.1 Å². The predicted molar refractivity (Wildman–Crippen MR) is 90.3 cm³/mol. The van der Waals surface area contributed by atoms with Crippen molar-refractivity contribution in [3.8, 4) is 0 Å². The Balaban J connectivity index is 1.90. The minimum absolute atomic E-state index is 0.203. The van der Waals surface area contributed by atoms with Crippen LogP contribution in [0.15, 0.2) is 23.8 Å². The molecule has 0 spiro atoms. The summed E-state index contributed by atoms with van der Waals surface area (Å²) in [6.45, 7) is 10.3. The van der Waals surface area contributed by atoms with E-state index in [-0.39, 0.29) is 23.4 Å². The third kappa shape index (κ3) is 1.93. The number of cyclic esters (lactones) is 1. The van der Waals surface area contributed by atoms with Gasteiger partial charge in [-0.05, 0) is 31.3 Å². The van der Waals surface area contributed by atoms with E-state index in [2.05, 4.69) is 13.5 Å². The van der Waals surface area contributed by atoms with Crippen molar-refractivity contribution < 1.29 is 24.2 Å². The molecule has 2 heterocycles. The highest BCUT2D eigenvalue weighted by Gasteiger charge is 2.66. The second-order valence-corrected chi connectivity index (χ2v) is 8.91. The average molecular weight is 346 g/mol. The van der Waals surface area contributed by atoms with Crippen LogP contribution >= 0.6 is 0 Å². The van der Waals surface area contributed by atoms with Crippen molar-refractivity contribution in [1.29, 1.82) is 0 Å². The monoisotopic (exact) mass is 346 g/mol. The van der Waals surface area contributed by atoms with Crippen LogP contribution in [0.3, 0.4) is 0 Å². The van der Waals surface area contributed by atoms with Crippen LogP contribution < -0.4 is 0 Å². The fourth-order valence-electron chi connectivity index (χ4n) is 5.73. The summed E-state index contributed by atoms with van der Waals surface area (Å²) in [6.07, 6.45) is 3.32. The molecular weight excluding hydrogens is 320 g/mol. The van der Waals surface area contributed by atoms with E-state index in [1.165, 1.54) is 0 Å². The number of fused-ring (bicyclic) bond motifs is 4. The molecule has 5 heteroatoms. The fourth-order valence-corrected chi connectivity index (χ4v) is 5.73. The van der Waals surface area contributed by atoms with E-state index in [1.807, 2.05) is 13.8 Å². The zero-order valence-electron chi connectivity index (χ0n) is 15.1. The third-order valence-electron chi connectivity index (χ3n) is 7.45. The van der Waals surface area contributed by atoms with Gasteiger partial charge in [0.25, 0.3) is 0 Å². The molecule has 2 aliphatic heterocycles. The minimum Gasteiger partial charge on any atom is -0.465 e. The molecule has 2 fully saturated rings. The zero-order valence-corrected chi connectivity index (χ0v) is 15.1. The largest absolute Gasteiger partial charge is 0.465 e. The molecule has 2 aliphatic carbocycles. The Kier molecular flexibility index (Phi) is 3.34. The maximum absolute atomic E-state index is 12.7. The minimum atomic E-state index is -0.954. The smallest absolute Gasteiger partial charge is 0.336 e. The molecule has 1 saturated heterocycles. The Hall–Kier alpha value is -1.62. The number of carbonyl (C=O) groups excluding carboxylic acids is 2. The summed E-state index contributed by atoms with van der Waals surface area (Å²) in [5.74, 6) is -0.976. The van der Waals surface area contributed by atoms with Crippen molar-refractivity contribution in [3.63, 3.8) is 0 Å². The van der Waals surface area contributed by atoms with Crippen molar-refractivity contribution >= 4 is 11.9 Å². The van der Waals surface area contributed by atoms with Gasteiger partial charge in [0.1, 0.15) is 6.10 Å². The van der Waals surface area contributed by atoms with Gasteiger partial charge in [0.05, 0.1) is 24.2 Å². The van der Waals surface area contributed by atoms with Crippen molar-refractivity contribution in [3.05, 3.63) is 23.8 Å². The Morgan fingerprint density at radius 2 is 1.96 bits per heavy atom. The van der Waals surface area contributed by atoms with E-state index < -0.39 is 22.9 Å². The summed E-state index contributed by atoms with van der Waals surface area (Å²) < 4.78 is 11.2. The van der Waals surface area contributed by atoms with E-state index in [0.29, 0.717) is 25.0 Å². The first kappa shape index (κ1) is 16.8. The number of hydrogen-bond donors (Lipinski definition) is 1. The summed E-state index contributed by atoms with van der Waals surface area (Å²) >= 11 is 0. The molecule has 1 saturated carbocycles. The highest BCUT2D eigenvalue weighted by Crippen LogP contribution is 2.63. The Morgan fingerprint density at radius 1 is 1.24 bits per heavy atom. The topological polar surface area (TPSA) is 72.8 Å². The normalized spacial score (nSPS) is 48.9. The number of aliphatic hydroxyl groups excluding tert-OH is 1. The highest BCUT2D eigenvalue weighted by molar-refractivity contribution is 5.93. The van der Waals surface area contributed by atoms with Gasteiger partial charge in [-0.25, -0.2) is 4.79 Å². The maximum atomic E-state index is 12.7. The van der Waals surface area contributed by atoms with E-state index in [0.717, 1.165) is 18.4 Å². The van der Waals surface area contributed by atoms with Crippen LogP contribution in [-0.4, -0.2) is 35.9 Å². The lowest BCUT2D eigenvalue weighted by Gasteiger charge is -2.56. The SMILES string of the molecule is C=CC1(C)CCC2=C(C(=O)OC3CCC4(C)COC(=O)C4C23C)C1O. The number of rotatable bonds is 1. The molecule has 1 N–H and O–H groups in total. The quantitative estimate of drug-likeness (QED) is 0.583. The summed E-state index contributed by atoms with van der Waals surface area (Å²) in [5, 5.41) is 10.9. The van der Waals surface area contributed by atoms with Crippen LogP contribution in [0.25, 0.3) is 0 Å². The first-order chi connectivity index (χ1) is 11.7. The lowest BCUT2D eigenvalue weighted by atomic mass is 9.50. The van der Waals surface area contributed by atoms with Crippen LogP contribution in [0.1, 0.15) is 46.5 Å². The van der Waals surface area contributed by atoms with Crippen molar-refractivity contribution in [1.82, 2.24) is 0 Å². The number of esters is 2. The number of aliphatic hydroxyl groups is 1. The predicted octanol–water partition coefficient (Wildman–Crippen LogP) is 2.53. The molecule has 5 nitrogen and oxygen atoms in total. The number of carbonyl (C=O) groups is 2. The second-order valence-electron chi connectivity index (χ2n) is 8.91. The number of ether oxygens (including phenoxy) is 2. The molecule has 6 atom stereocenters. The molecule has 4 rings (SSSR count). The standard InChI is InChI=1S/C20H26O5/c1-5-18(2)8-6-11-13(15(18)21)16(22)25-12-7-9-19(3)10-24-17(23)14(19)20(11,12)4/h5,12,14-15,21H,1,6-10H2,2-4H3. The summed E-state index contributed by atoms with van der Waals surface area (Å²) in [4.78, 5) is 25.3. The van der Waals surface area contributed by atoms with E-state index >= 15 is 0 Å². The maximum Gasteiger partial charge on any atom is 0.336 e. The molecule has 25 heavy (non-hydrogen) atoms. The molecule has 0 bridgehead atoms.